The predicted octanol–water partition coefficient (Wildman–Crippen LogP) is 10.2. The maximum atomic E-state index is 14.2. The molecule has 250 valence electrons. The number of quaternary nitrogens is 1. The first-order valence-electron chi connectivity index (χ1n) is 18.1. The first-order chi connectivity index (χ1) is 21.8. The molecule has 0 saturated carbocycles. The number of nitrogens with zero attached hydrogens (tertiary/aromatic N) is 1. The van der Waals surface area contributed by atoms with Crippen molar-refractivity contribution < 1.29 is 17.7 Å². The molecular formula is C40H61BF3N. The van der Waals surface area contributed by atoms with Gasteiger partial charge in [-0.15, -0.1) is 0 Å². The summed E-state index contributed by atoms with van der Waals surface area (Å²) < 4.78 is 44.0. The number of rotatable bonds is 20. The highest BCUT2D eigenvalue weighted by molar-refractivity contribution is 7.11. The van der Waals surface area contributed by atoms with Crippen LogP contribution in [0.1, 0.15) is 112 Å². The molecule has 0 saturated heterocycles. The molecule has 45 heavy (non-hydrogen) atoms. The van der Waals surface area contributed by atoms with Crippen LogP contribution in [0.2, 0.25) is 6.32 Å². The summed E-state index contributed by atoms with van der Waals surface area (Å²) in [5.41, 5.74) is 2.31. The van der Waals surface area contributed by atoms with Crippen LogP contribution in [0, 0.1) is 17.5 Å². The van der Waals surface area contributed by atoms with E-state index in [-0.39, 0.29) is 17.5 Å². The molecule has 0 aromatic heterocycles. The van der Waals surface area contributed by atoms with Crippen LogP contribution < -0.4 is 16.4 Å². The fourth-order valence-electron chi connectivity index (χ4n) is 7.04. The number of benzene rings is 3. The molecule has 1 nitrogen and oxygen atoms in total. The fraction of sp³-hybridized carbons (Fsp3) is 0.550. The minimum absolute atomic E-state index is 0.342. The second-order valence-corrected chi connectivity index (χ2v) is 13.2. The first kappa shape index (κ1) is 38.7. The van der Waals surface area contributed by atoms with E-state index >= 15 is 0 Å². The van der Waals surface area contributed by atoms with Gasteiger partial charge >= 0.3 is 0 Å². The van der Waals surface area contributed by atoms with Crippen molar-refractivity contribution in [3.63, 3.8) is 0 Å². The molecule has 0 heterocycles. The van der Waals surface area contributed by atoms with Gasteiger partial charge in [-0.2, -0.15) is 22.7 Å². The van der Waals surface area contributed by atoms with E-state index in [1.165, 1.54) is 118 Å². The summed E-state index contributed by atoms with van der Waals surface area (Å²) in [5.74, 6) is -1.03. The van der Waals surface area contributed by atoms with Gasteiger partial charge in [0.15, 0.2) is 0 Å². The van der Waals surface area contributed by atoms with Crippen molar-refractivity contribution in [1.82, 2.24) is 0 Å². The van der Waals surface area contributed by atoms with Crippen molar-refractivity contribution in [2.75, 3.05) is 26.2 Å². The minimum atomic E-state index is -1.71. The monoisotopic (exact) mass is 623 g/mol. The molecule has 0 aliphatic heterocycles. The highest BCUT2D eigenvalue weighted by Gasteiger charge is 2.30. The van der Waals surface area contributed by atoms with Gasteiger partial charge < -0.3 is 4.48 Å². The van der Waals surface area contributed by atoms with Gasteiger partial charge in [0.25, 0.3) is 0 Å². The third-order valence-electron chi connectivity index (χ3n) is 9.69. The Kier molecular flexibility index (Phi) is 18.3. The highest BCUT2D eigenvalue weighted by Crippen LogP contribution is 2.20. The third kappa shape index (κ3) is 12.3. The van der Waals surface area contributed by atoms with E-state index < -0.39 is 6.15 Å². The quantitative estimate of drug-likeness (QED) is 0.0668. The van der Waals surface area contributed by atoms with Gasteiger partial charge in [-0.25, -0.2) is 13.2 Å². The summed E-state index contributed by atoms with van der Waals surface area (Å²) in [7, 11) is 0. The zero-order valence-electron chi connectivity index (χ0n) is 29.1. The second-order valence-electron chi connectivity index (χ2n) is 13.2. The van der Waals surface area contributed by atoms with Crippen molar-refractivity contribution in [3.8, 4) is 0 Å². The molecule has 3 rings (SSSR count). The Labute approximate surface area is 274 Å². The van der Waals surface area contributed by atoms with Crippen LogP contribution in [0.3, 0.4) is 0 Å². The maximum Gasteiger partial charge on any atom is 0.120 e. The molecule has 5 heteroatoms. The summed E-state index contributed by atoms with van der Waals surface area (Å²) in [6, 6.07) is 19.4. The molecule has 0 fully saturated rings. The Morgan fingerprint density at radius 2 is 0.778 bits per heavy atom. The topological polar surface area (TPSA) is 0 Å². The molecule has 3 aromatic rings. The van der Waals surface area contributed by atoms with E-state index in [9.17, 15) is 13.2 Å². The highest BCUT2D eigenvalue weighted by atomic mass is 19.1. The van der Waals surface area contributed by atoms with E-state index in [2.05, 4.69) is 34.6 Å². The lowest BCUT2D eigenvalue weighted by Gasteiger charge is -2.43. The van der Waals surface area contributed by atoms with Gasteiger partial charge in [0.05, 0.1) is 32.3 Å². The zero-order chi connectivity index (χ0) is 33.0. The van der Waals surface area contributed by atoms with Crippen LogP contribution in [-0.4, -0.2) is 36.8 Å². The van der Waals surface area contributed by atoms with Gasteiger partial charge in [-0.1, -0.05) is 141 Å². The SMILES string of the molecule is CCCCCC[B-](c1cccc(F)c1)(c1cccc(F)c1)c1cccc(F)c1.CCCC[N+](CCCC)(CCCC)CCCC. The predicted molar refractivity (Wildman–Crippen MR) is 192 cm³/mol. The number of hydrogen-bond acceptors (Lipinski definition) is 0. The van der Waals surface area contributed by atoms with Gasteiger partial charge in [0, 0.05) is 0 Å². The van der Waals surface area contributed by atoms with Crippen molar-refractivity contribution in [3.05, 3.63) is 90.2 Å². The molecule has 0 bridgehead atoms. The van der Waals surface area contributed by atoms with E-state index in [1.54, 1.807) is 18.2 Å². The van der Waals surface area contributed by atoms with Crippen molar-refractivity contribution in [2.24, 2.45) is 0 Å². The first-order valence-corrected chi connectivity index (χ1v) is 18.1. The van der Waals surface area contributed by atoms with E-state index in [0.717, 1.165) is 42.1 Å². The van der Waals surface area contributed by atoms with Crippen LogP contribution in [0.25, 0.3) is 0 Å². The van der Waals surface area contributed by atoms with E-state index in [4.69, 9.17) is 0 Å². The smallest absolute Gasteiger partial charge is 0.120 e. The summed E-state index contributed by atoms with van der Waals surface area (Å²) in [5, 5.41) is 0. The molecule has 0 amide bonds. The Bertz CT molecular complexity index is 1060. The van der Waals surface area contributed by atoms with Gasteiger partial charge in [0.2, 0.25) is 0 Å². The Hall–Kier alpha value is -2.53. The summed E-state index contributed by atoms with van der Waals surface area (Å²) in [4.78, 5) is 0. The second kappa shape index (κ2) is 21.3. The van der Waals surface area contributed by atoms with Crippen LogP contribution in [0.5, 0.6) is 0 Å². The summed E-state index contributed by atoms with van der Waals surface area (Å²) in [6.45, 7) is 17.2. The molecule has 0 unspecified atom stereocenters. The molecule has 0 aliphatic carbocycles. The molecule has 0 spiro atoms. The van der Waals surface area contributed by atoms with Crippen LogP contribution >= 0.6 is 0 Å². The number of unbranched alkanes of at least 4 members (excludes halogenated alkanes) is 7. The van der Waals surface area contributed by atoms with Crippen LogP contribution in [-0.2, 0) is 0 Å². The average Bonchev–Trinajstić information content (AvgIpc) is 3.04. The molecular weight excluding hydrogens is 562 g/mol. The number of hydrogen-bond donors (Lipinski definition) is 0. The third-order valence-corrected chi connectivity index (χ3v) is 9.69. The van der Waals surface area contributed by atoms with Gasteiger partial charge in [0.1, 0.15) is 17.5 Å². The van der Waals surface area contributed by atoms with Crippen LogP contribution in [0.15, 0.2) is 72.8 Å². The van der Waals surface area contributed by atoms with E-state index in [0.29, 0.717) is 6.32 Å². The number of halogens is 3. The molecule has 0 aliphatic rings. The summed E-state index contributed by atoms with van der Waals surface area (Å²) >= 11 is 0. The van der Waals surface area contributed by atoms with Crippen molar-refractivity contribution >= 4 is 22.5 Å². The lowest BCUT2D eigenvalue weighted by molar-refractivity contribution is -0.929. The Morgan fingerprint density at radius 1 is 0.444 bits per heavy atom. The van der Waals surface area contributed by atoms with Gasteiger partial charge in [-0.05, 0) is 43.9 Å². The maximum absolute atomic E-state index is 14.2. The van der Waals surface area contributed by atoms with Crippen molar-refractivity contribution in [2.45, 2.75) is 118 Å². The van der Waals surface area contributed by atoms with Gasteiger partial charge in [-0.3, -0.25) is 0 Å². The summed E-state index contributed by atoms with van der Waals surface area (Å²) in [6.07, 6.45) is 14.2. The normalized spacial score (nSPS) is 11.7. The lowest BCUT2D eigenvalue weighted by Crippen LogP contribution is -2.67. The average molecular weight is 624 g/mol. The standard InChI is InChI=1S/C24H25BF3.C16H36N/c1-2-3-4-5-15-25(19-9-6-12-22(26)16-19,20-10-7-13-23(27)17-20)21-11-8-14-24(28)18-21;1-5-9-13-17(14-10-6-2,15-11-7-3)16-12-8-4/h6-14,16-18H,2-5,15H2,1H3;5-16H2,1-4H3/q-1;+1. The molecule has 0 radical (unpaired) electrons. The van der Waals surface area contributed by atoms with Crippen molar-refractivity contribution in [1.29, 1.82) is 0 Å². The van der Waals surface area contributed by atoms with E-state index in [1.807, 2.05) is 18.2 Å². The minimum Gasteiger partial charge on any atom is -0.324 e. The molecule has 0 atom stereocenters. The molecule has 3 aromatic carbocycles. The Morgan fingerprint density at radius 3 is 1.07 bits per heavy atom. The Balaban J connectivity index is 0.000000358. The molecule has 0 N–H and O–H groups in total. The fourth-order valence-corrected chi connectivity index (χ4v) is 7.04. The largest absolute Gasteiger partial charge is 0.324 e. The zero-order valence-corrected chi connectivity index (χ0v) is 29.1. The lowest BCUT2D eigenvalue weighted by atomic mass is 9.14. The van der Waals surface area contributed by atoms with Crippen LogP contribution in [0.4, 0.5) is 13.2 Å².